The molecule has 3 aromatic rings. The van der Waals surface area contributed by atoms with Crippen LogP contribution in [0.3, 0.4) is 0 Å². The summed E-state index contributed by atoms with van der Waals surface area (Å²) in [6.45, 7) is 0.784. The van der Waals surface area contributed by atoms with E-state index in [0.717, 1.165) is 22.4 Å². The van der Waals surface area contributed by atoms with Gasteiger partial charge >= 0.3 is 0 Å². The van der Waals surface area contributed by atoms with Crippen LogP contribution in [0.15, 0.2) is 71.8 Å². The number of rotatable bonds is 7. The summed E-state index contributed by atoms with van der Waals surface area (Å²) in [5, 5.41) is 14.5. The summed E-state index contributed by atoms with van der Waals surface area (Å²) in [4.78, 5) is 0. The third kappa shape index (κ3) is 5.26. The Balaban J connectivity index is 1.53. The number of nitrogens with zero attached hydrogens (tertiary/aromatic N) is 2. The molecule has 0 saturated carbocycles. The molecule has 0 aromatic heterocycles. The predicted octanol–water partition coefficient (Wildman–Crippen LogP) is 5.57. The zero-order valence-electron chi connectivity index (χ0n) is 14.9. The molecule has 0 unspecified atom stereocenters. The van der Waals surface area contributed by atoms with Crippen LogP contribution < -0.4 is 10.2 Å². The van der Waals surface area contributed by atoms with Crippen molar-refractivity contribution in [2.24, 2.45) is 5.10 Å². The minimum Gasteiger partial charge on any atom is -0.489 e. The van der Waals surface area contributed by atoms with E-state index in [9.17, 15) is 0 Å². The minimum absolute atomic E-state index is 0.345. The molecule has 0 aliphatic rings. The number of hydrazone groups is 1. The first kappa shape index (κ1) is 19.8. The van der Waals surface area contributed by atoms with Crippen molar-refractivity contribution in [1.82, 2.24) is 5.43 Å². The molecule has 6 heteroatoms. The summed E-state index contributed by atoms with van der Waals surface area (Å²) in [5.41, 5.74) is 6.15. The maximum Gasteiger partial charge on any atom is 0.119 e. The molecule has 0 fully saturated rings. The zero-order chi connectivity index (χ0) is 19.8. The van der Waals surface area contributed by atoms with Gasteiger partial charge in [-0.3, -0.25) is 0 Å². The van der Waals surface area contributed by atoms with Crippen LogP contribution in [0.1, 0.15) is 22.3 Å². The molecule has 140 valence electrons. The SMILES string of the molecule is N#Cc1ccccc1COc1ccc(/C=N\NCc2c(Cl)cccc2Cl)cc1. The topological polar surface area (TPSA) is 57.4 Å². The van der Waals surface area contributed by atoms with Gasteiger partial charge in [0, 0.05) is 21.2 Å². The first-order chi connectivity index (χ1) is 13.7. The average molecular weight is 410 g/mol. The summed E-state index contributed by atoms with van der Waals surface area (Å²) < 4.78 is 5.76. The largest absolute Gasteiger partial charge is 0.489 e. The average Bonchev–Trinajstić information content (AvgIpc) is 2.72. The van der Waals surface area contributed by atoms with Crippen LogP contribution in [0.5, 0.6) is 5.75 Å². The lowest BCUT2D eigenvalue weighted by molar-refractivity contribution is 0.306. The third-order valence-electron chi connectivity index (χ3n) is 4.03. The molecule has 28 heavy (non-hydrogen) atoms. The van der Waals surface area contributed by atoms with E-state index in [-0.39, 0.29) is 0 Å². The van der Waals surface area contributed by atoms with Crippen LogP contribution in [0, 0.1) is 11.3 Å². The van der Waals surface area contributed by atoms with Crippen LogP contribution in [0.25, 0.3) is 0 Å². The van der Waals surface area contributed by atoms with Crippen LogP contribution in [-0.2, 0) is 13.2 Å². The van der Waals surface area contributed by atoms with Crippen molar-refractivity contribution >= 4 is 29.4 Å². The lowest BCUT2D eigenvalue weighted by atomic mass is 10.1. The van der Waals surface area contributed by atoms with Gasteiger partial charge in [0.15, 0.2) is 0 Å². The molecule has 0 atom stereocenters. The van der Waals surface area contributed by atoms with Crippen molar-refractivity contribution in [3.05, 3.63) is 99.0 Å². The molecule has 0 aliphatic carbocycles. The first-order valence-electron chi connectivity index (χ1n) is 8.57. The van der Waals surface area contributed by atoms with E-state index in [1.54, 1.807) is 30.5 Å². The molecule has 0 saturated heterocycles. The molecule has 0 heterocycles. The molecule has 4 nitrogen and oxygen atoms in total. The summed E-state index contributed by atoms with van der Waals surface area (Å²) in [6.07, 6.45) is 1.71. The Hall–Kier alpha value is -3.00. The van der Waals surface area contributed by atoms with Crippen molar-refractivity contribution in [1.29, 1.82) is 5.26 Å². The van der Waals surface area contributed by atoms with Crippen LogP contribution >= 0.6 is 23.2 Å². The van der Waals surface area contributed by atoms with Crippen LogP contribution in [0.4, 0.5) is 0 Å². The van der Waals surface area contributed by atoms with Crippen molar-refractivity contribution in [3.8, 4) is 11.8 Å². The normalized spacial score (nSPS) is 10.6. The Kier molecular flexibility index (Phi) is 6.91. The van der Waals surface area contributed by atoms with Crippen molar-refractivity contribution in [3.63, 3.8) is 0 Å². The lowest BCUT2D eigenvalue weighted by Crippen LogP contribution is -2.06. The van der Waals surface area contributed by atoms with Gasteiger partial charge in [0.2, 0.25) is 0 Å². The fourth-order valence-electron chi connectivity index (χ4n) is 2.51. The molecule has 3 aromatic carbocycles. The smallest absolute Gasteiger partial charge is 0.119 e. The second kappa shape index (κ2) is 9.80. The molecule has 1 N–H and O–H groups in total. The Morgan fingerprint density at radius 2 is 1.68 bits per heavy atom. The zero-order valence-corrected chi connectivity index (χ0v) is 16.4. The molecular formula is C22H17Cl2N3O. The lowest BCUT2D eigenvalue weighted by Gasteiger charge is -2.08. The summed E-state index contributed by atoms with van der Waals surface area (Å²) in [6, 6.07) is 22.5. The maximum absolute atomic E-state index is 9.12. The van der Waals surface area contributed by atoms with E-state index in [4.69, 9.17) is 33.2 Å². The van der Waals surface area contributed by atoms with Gasteiger partial charge in [0.05, 0.1) is 24.4 Å². The van der Waals surface area contributed by atoms with Gasteiger partial charge in [-0.25, -0.2) is 0 Å². The fraction of sp³-hybridized carbons (Fsp3) is 0.0909. The predicted molar refractivity (Wildman–Crippen MR) is 113 cm³/mol. The Morgan fingerprint density at radius 1 is 0.964 bits per heavy atom. The van der Waals surface area contributed by atoms with Gasteiger partial charge < -0.3 is 10.2 Å². The molecule has 0 radical (unpaired) electrons. The number of nitriles is 1. The fourth-order valence-corrected chi connectivity index (χ4v) is 3.04. The number of hydrogen-bond donors (Lipinski definition) is 1. The summed E-state index contributed by atoms with van der Waals surface area (Å²) >= 11 is 12.3. The van der Waals surface area contributed by atoms with Gasteiger partial charge in [-0.05, 0) is 48.0 Å². The van der Waals surface area contributed by atoms with E-state index in [0.29, 0.717) is 28.8 Å². The van der Waals surface area contributed by atoms with E-state index in [1.165, 1.54) is 0 Å². The van der Waals surface area contributed by atoms with Gasteiger partial charge in [-0.15, -0.1) is 0 Å². The number of ether oxygens (including phenoxy) is 1. The summed E-state index contributed by atoms with van der Waals surface area (Å²) in [7, 11) is 0. The standard InChI is InChI=1S/C22H17Cl2N3O/c23-21-6-3-7-22(24)20(21)14-27-26-13-16-8-10-19(11-9-16)28-15-18-5-2-1-4-17(18)12-25/h1-11,13,27H,14-15H2/b26-13-. The van der Waals surface area contributed by atoms with Gasteiger partial charge in [0.25, 0.3) is 0 Å². The highest BCUT2D eigenvalue weighted by molar-refractivity contribution is 6.35. The Morgan fingerprint density at radius 3 is 2.39 bits per heavy atom. The van der Waals surface area contributed by atoms with Gasteiger partial charge in [-0.1, -0.05) is 47.5 Å². The highest BCUT2D eigenvalue weighted by Crippen LogP contribution is 2.23. The van der Waals surface area contributed by atoms with Crippen molar-refractivity contribution in [2.45, 2.75) is 13.2 Å². The second-order valence-corrected chi connectivity index (χ2v) is 6.73. The molecule has 0 amide bonds. The van der Waals surface area contributed by atoms with Gasteiger partial charge in [-0.2, -0.15) is 10.4 Å². The van der Waals surface area contributed by atoms with Gasteiger partial charge in [0.1, 0.15) is 12.4 Å². The summed E-state index contributed by atoms with van der Waals surface area (Å²) in [5.74, 6) is 0.723. The monoisotopic (exact) mass is 409 g/mol. The third-order valence-corrected chi connectivity index (χ3v) is 4.74. The Bertz CT molecular complexity index is 991. The minimum atomic E-state index is 0.345. The highest BCUT2D eigenvalue weighted by atomic mass is 35.5. The molecular weight excluding hydrogens is 393 g/mol. The van der Waals surface area contributed by atoms with Crippen molar-refractivity contribution in [2.75, 3.05) is 0 Å². The number of benzene rings is 3. The second-order valence-electron chi connectivity index (χ2n) is 5.92. The first-order valence-corrected chi connectivity index (χ1v) is 9.32. The Labute approximate surface area is 174 Å². The maximum atomic E-state index is 9.12. The molecule has 0 aliphatic heterocycles. The molecule has 3 rings (SSSR count). The van der Waals surface area contributed by atoms with Crippen LogP contribution in [-0.4, -0.2) is 6.21 Å². The highest BCUT2D eigenvalue weighted by Gasteiger charge is 2.04. The van der Waals surface area contributed by atoms with E-state index >= 15 is 0 Å². The van der Waals surface area contributed by atoms with Crippen molar-refractivity contribution < 1.29 is 4.74 Å². The molecule has 0 spiro atoms. The van der Waals surface area contributed by atoms with E-state index in [1.807, 2.05) is 42.5 Å². The number of nitrogens with one attached hydrogen (secondary N) is 1. The van der Waals surface area contributed by atoms with E-state index < -0.39 is 0 Å². The molecule has 0 bridgehead atoms. The van der Waals surface area contributed by atoms with E-state index in [2.05, 4.69) is 16.6 Å². The number of hydrogen-bond acceptors (Lipinski definition) is 4. The number of halogens is 2. The quantitative estimate of drug-likeness (QED) is 0.409. The van der Waals surface area contributed by atoms with Crippen LogP contribution in [0.2, 0.25) is 10.0 Å².